The number of nitrogens with two attached hydrogens (primary N) is 3. The predicted octanol–water partition coefficient (Wildman–Crippen LogP) is 2.18. The highest BCUT2D eigenvalue weighted by molar-refractivity contribution is 5.99. The maximum atomic E-state index is 9.18. The molecule has 3 aromatic carbocycles. The van der Waals surface area contributed by atoms with Crippen LogP contribution in [0.1, 0.15) is 27.8 Å². The predicted molar refractivity (Wildman–Crippen MR) is 127 cm³/mol. The second kappa shape index (κ2) is 10.5. The topological polar surface area (TPSA) is 179 Å². The molecule has 0 aliphatic rings. The molecule has 0 bridgehead atoms. The molecule has 0 radical (unpaired) electrons. The molecular formula is C23H25N7O3. The van der Waals surface area contributed by atoms with Gasteiger partial charge in [-0.3, -0.25) is 0 Å². The van der Waals surface area contributed by atoms with Crippen LogP contribution in [0, 0.1) is 0 Å². The van der Waals surface area contributed by atoms with Crippen molar-refractivity contribution in [2.75, 3.05) is 4.90 Å². The summed E-state index contributed by atoms with van der Waals surface area (Å²) in [5.74, 6) is 0.0115. The van der Waals surface area contributed by atoms with Gasteiger partial charge < -0.3 is 37.7 Å². The van der Waals surface area contributed by atoms with Crippen LogP contribution in [0.25, 0.3) is 0 Å². The summed E-state index contributed by atoms with van der Waals surface area (Å²) in [5.41, 5.74) is 21.7. The molecule has 170 valence electrons. The van der Waals surface area contributed by atoms with Gasteiger partial charge in [0.1, 0.15) is 0 Å². The Hall–Kier alpha value is -4.73. The molecular weight excluding hydrogens is 422 g/mol. The Kier molecular flexibility index (Phi) is 7.32. The minimum Gasteiger partial charge on any atom is -0.409 e. The standard InChI is InChI=1S/C23H25N7O3/c24-21(27-31)15-9-11-18(12-10-15)30(13-16-5-1-3-7-19(16)22(25)28-32)14-17-6-2-4-8-20(17)23(26)29-33/h1-12,31-33H,13-14H2,(H2,24,27)(H2,25,28)(H2,26,29). The molecule has 0 heterocycles. The lowest BCUT2D eigenvalue weighted by Crippen LogP contribution is -2.27. The Morgan fingerprint density at radius 3 is 1.45 bits per heavy atom. The van der Waals surface area contributed by atoms with Gasteiger partial charge in [0.15, 0.2) is 17.5 Å². The molecule has 0 aromatic heterocycles. The molecule has 10 heteroatoms. The number of oxime groups is 3. The molecule has 0 spiro atoms. The van der Waals surface area contributed by atoms with Crippen molar-refractivity contribution in [1.82, 2.24) is 0 Å². The van der Waals surface area contributed by atoms with Crippen molar-refractivity contribution < 1.29 is 15.6 Å². The summed E-state index contributed by atoms with van der Waals surface area (Å²) in [6, 6.07) is 21.8. The third kappa shape index (κ3) is 5.31. The highest BCUT2D eigenvalue weighted by Crippen LogP contribution is 2.24. The van der Waals surface area contributed by atoms with E-state index in [1.54, 1.807) is 36.4 Å². The maximum Gasteiger partial charge on any atom is 0.170 e. The van der Waals surface area contributed by atoms with Crippen LogP contribution in [0.5, 0.6) is 0 Å². The molecule has 0 unspecified atom stereocenters. The first-order valence-corrected chi connectivity index (χ1v) is 9.93. The zero-order chi connectivity index (χ0) is 23.8. The molecule has 0 amide bonds. The molecule has 0 saturated heterocycles. The first kappa shape index (κ1) is 22.9. The number of anilines is 1. The molecule has 0 atom stereocenters. The summed E-state index contributed by atoms with van der Waals surface area (Å²) in [7, 11) is 0. The lowest BCUT2D eigenvalue weighted by atomic mass is 10.0. The number of nitrogens with zero attached hydrogens (tertiary/aromatic N) is 4. The Bertz CT molecular complexity index is 1130. The van der Waals surface area contributed by atoms with E-state index in [0.717, 1.165) is 16.8 Å². The van der Waals surface area contributed by atoms with Gasteiger partial charge in [0, 0.05) is 35.5 Å². The maximum absolute atomic E-state index is 9.18. The van der Waals surface area contributed by atoms with E-state index in [2.05, 4.69) is 15.5 Å². The molecule has 0 saturated carbocycles. The quantitative estimate of drug-likeness (QED) is 0.132. The average Bonchev–Trinajstić information content (AvgIpc) is 2.87. The van der Waals surface area contributed by atoms with E-state index in [4.69, 9.17) is 22.4 Å². The number of hydrogen-bond acceptors (Lipinski definition) is 7. The zero-order valence-electron chi connectivity index (χ0n) is 17.7. The number of benzene rings is 3. The van der Waals surface area contributed by atoms with Crippen molar-refractivity contribution in [1.29, 1.82) is 0 Å². The van der Waals surface area contributed by atoms with Gasteiger partial charge in [-0.05, 0) is 35.4 Å². The lowest BCUT2D eigenvalue weighted by molar-refractivity contribution is 0.318. The van der Waals surface area contributed by atoms with Crippen LogP contribution >= 0.6 is 0 Å². The van der Waals surface area contributed by atoms with Crippen molar-refractivity contribution in [2.45, 2.75) is 13.1 Å². The van der Waals surface area contributed by atoms with Gasteiger partial charge >= 0.3 is 0 Å². The Morgan fingerprint density at radius 2 is 1.03 bits per heavy atom. The highest BCUT2D eigenvalue weighted by Gasteiger charge is 2.16. The van der Waals surface area contributed by atoms with Crippen LogP contribution in [-0.2, 0) is 13.1 Å². The van der Waals surface area contributed by atoms with E-state index in [-0.39, 0.29) is 17.5 Å². The van der Waals surface area contributed by atoms with Crippen LogP contribution in [-0.4, -0.2) is 33.1 Å². The summed E-state index contributed by atoms with van der Waals surface area (Å²) in [6.45, 7) is 0.805. The minimum atomic E-state index is 0.00246. The zero-order valence-corrected chi connectivity index (χ0v) is 17.7. The summed E-state index contributed by atoms with van der Waals surface area (Å²) in [4.78, 5) is 2.04. The third-order valence-corrected chi connectivity index (χ3v) is 5.16. The van der Waals surface area contributed by atoms with Crippen molar-refractivity contribution in [2.24, 2.45) is 32.7 Å². The van der Waals surface area contributed by atoms with E-state index < -0.39 is 0 Å². The molecule has 3 rings (SSSR count). The second-order valence-electron chi connectivity index (χ2n) is 7.17. The second-order valence-corrected chi connectivity index (χ2v) is 7.17. The molecule has 9 N–H and O–H groups in total. The normalized spacial score (nSPS) is 12.5. The van der Waals surface area contributed by atoms with Crippen LogP contribution in [0.2, 0.25) is 0 Å². The summed E-state index contributed by atoms with van der Waals surface area (Å²) < 4.78 is 0. The lowest BCUT2D eigenvalue weighted by Gasteiger charge is -2.27. The Labute approximate surface area is 190 Å². The molecule has 33 heavy (non-hydrogen) atoms. The fourth-order valence-corrected chi connectivity index (χ4v) is 3.47. The summed E-state index contributed by atoms with van der Waals surface area (Å²) in [6.07, 6.45) is 0. The largest absolute Gasteiger partial charge is 0.409 e. The van der Waals surface area contributed by atoms with E-state index in [1.165, 1.54) is 0 Å². The van der Waals surface area contributed by atoms with Gasteiger partial charge in [0.25, 0.3) is 0 Å². The summed E-state index contributed by atoms with van der Waals surface area (Å²) >= 11 is 0. The average molecular weight is 447 g/mol. The fourth-order valence-electron chi connectivity index (χ4n) is 3.47. The van der Waals surface area contributed by atoms with Crippen LogP contribution in [0.15, 0.2) is 88.3 Å². The van der Waals surface area contributed by atoms with Gasteiger partial charge in [-0.25, -0.2) is 0 Å². The van der Waals surface area contributed by atoms with Crippen molar-refractivity contribution in [3.8, 4) is 0 Å². The van der Waals surface area contributed by atoms with E-state index in [1.807, 2.05) is 41.3 Å². The monoisotopic (exact) mass is 447 g/mol. The van der Waals surface area contributed by atoms with Gasteiger partial charge in [0.2, 0.25) is 0 Å². The van der Waals surface area contributed by atoms with E-state index in [9.17, 15) is 10.4 Å². The Morgan fingerprint density at radius 1 is 0.606 bits per heavy atom. The Balaban J connectivity index is 2.05. The number of amidine groups is 3. The van der Waals surface area contributed by atoms with Gasteiger partial charge in [-0.1, -0.05) is 64.0 Å². The minimum absolute atomic E-state index is 0.00246. The van der Waals surface area contributed by atoms with Gasteiger partial charge in [0.05, 0.1) is 0 Å². The third-order valence-electron chi connectivity index (χ3n) is 5.16. The van der Waals surface area contributed by atoms with Gasteiger partial charge in [-0.2, -0.15) is 0 Å². The first-order chi connectivity index (χ1) is 16.0. The molecule has 3 aromatic rings. The molecule has 0 fully saturated rings. The summed E-state index contributed by atoms with van der Waals surface area (Å²) in [5, 5.41) is 36.6. The highest BCUT2D eigenvalue weighted by atomic mass is 16.4. The fraction of sp³-hybridized carbons (Fsp3) is 0.0870. The molecule has 10 nitrogen and oxygen atoms in total. The van der Waals surface area contributed by atoms with Gasteiger partial charge in [-0.15, -0.1) is 0 Å². The van der Waals surface area contributed by atoms with Crippen LogP contribution in [0.3, 0.4) is 0 Å². The molecule has 0 aliphatic carbocycles. The number of hydrogen-bond donors (Lipinski definition) is 6. The van der Waals surface area contributed by atoms with E-state index in [0.29, 0.717) is 29.8 Å². The van der Waals surface area contributed by atoms with Crippen molar-refractivity contribution in [3.05, 3.63) is 101 Å². The molecule has 0 aliphatic heterocycles. The van der Waals surface area contributed by atoms with E-state index >= 15 is 0 Å². The van der Waals surface area contributed by atoms with Crippen molar-refractivity contribution >= 4 is 23.2 Å². The smallest absolute Gasteiger partial charge is 0.170 e. The first-order valence-electron chi connectivity index (χ1n) is 9.93. The van der Waals surface area contributed by atoms with Crippen LogP contribution < -0.4 is 22.1 Å². The van der Waals surface area contributed by atoms with Crippen molar-refractivity contribution in [3.63, 3.8) is 0 Å². The SMILES string of the molecule is N/C(=N\O)c1ccc(N(Cc2ccccc2/C(N)=N/O)Cc2ccccc2/C(N)=N\O)cc1. The van der Waals surface area contributed by atoms with Crippen LogP contribution in [0.4, 0.5) is 5.69 Å². The number of rotatable bonds is 8.